The van der Waals surface area contributed by atoms with Gasteiger partial charge in [-0.05, 0) is 12.3 Å². The summed E-state index contributed by atoms with van der Waals surface area (Å²) in [6, 6.07) is 0.131. The maximum atomic E-state index is 10.7. The second-order valence-corrected chi connectivity index (χ2v) is 3.74. The molecule has 3 N–H and O–H groups in total. The molecular formula is C8H16N2O2. The van der Waals surface area contributed by atoms with E-state index in [4.69, 9.17) is 10.8 Å². The van der Waals surface area contributed by atoms with E-state index in [2.05, 4.69) is 0 Å². The van der Waals surface area contributed by atoms with Crippen LogP contribution >= 0.6 is 0 Å². The molecular weight excluding hydrogens is 156 g/mol. The fourth-order valence-corrected chi connectivity index (χ4v) is 1.75. The van der Waals surface area contributed by atoms with Crippen LogP contribution in [0.3, 0.4) is 0 Å². The van der Waals surface area contributed by atoms with Crippen molar-refractivity contribution in [3.8, 4) is 0 Å². The summed E-state index contributed by atoms with van der Waals surface area (Å²) in [5, 5.41) is 8.82. The number of carbonyl (C=O) groups is 1. The molecule has 4 nitrogen and oxygen atoms in total. The Hall–Kier alpha value is -0.770. The molecule has 0 spiro atoms. The predicted molar refractivity (Wildman–Crippen MR) is 45.9 cm³/mol. The van der Waals surface area contributed by atoms with Gasteiger partial charge in [-0.2, -0.15) is 0 Å². The summed E-state index contributed by atoms with van der Waals surface area (Å²) < 4.78 is 0. The summed E-state index contributed by atoms with van der Waals surface area (Å²) in [6.07, 6.45) is -0.0501. The van der Waals surface area contributed by atoms with Crippen LogP contribution in [-0.2, 0) is 0 Å². The van der Waals surface area contributed by atoms with Crippen molar-refractivity contribution < 1.29 is 9.90 Å². The van der Waals surface area contributed by atoms with Crippen LogP contribution in [-0.4, -0.2) is 34.7 Å². The molecule has 70 valence electrons. The van der Waals surface area contributed by atoms with Gasteiger partial charge in [-0.15, -0.1) is 0 Å². The summed E-state index contributed by atoms with van der Waals surface area (Å²) in [7, 11) is 0. The number of nitrogens with two attached hydrogens (primary N) is 1. The molecule has 1 amide bonds. The smallest absolute Gasteiger partial charge is 0.407 e. The standard InChI is InChI=1S/C8H16N2O2/c1-5(2)7-3-6(9)4-10(7)8(11)12/h5-7H,3-4,9H2,1-2H3,(H,11,12)/t6-,7-/m1/s1. The van der Waals surface area contributed by atoms with E-state index in [1.54, 1.807) is 0 Å². The first-order chi connectivity index (χ1) is 5.52. The van der Waals surface area contributed by atoms with E-state index in [0.717, 1.165) is 6.42 Å². The first kappa shape index (κ1) is 9.32. The van der Waals surface area contributed by atoms with Gasteiger partial charge in [0.2, 0.25) is 0 Å². The highest BCUT2D eigenvalue weighted by Crippen LogP contribution is 2.22. The quantitative estimate of drug-likeness (QED) is 0.612. The molecule has 1 rings (SSSR count). The highest BCUT2D eigenvalue weighted by Gasteiger charge is 2.34. The molecule has 0 aromatic heterocycles. The number of likely N-dealkylation sites (tertiary alicyclic amines) is 1. The van der Waals surface area contributed by atoms with Gasteiger partial charge in [0.15, 0.2) is 0 Å². The number of amides is 1. The van der Waals surface area contributed by atoms with E-state index in [1.807, 2.05) is 13.8 Å². The molecule has 0 aromatic rings. The van der Waals surface area contributed by atoms with Crippen LogP contribution in [0.15, 0.2) is 0 Å². The Balaban J connectivity index is 2.65. The second kappa shape index (κ2) is 3.31. The topological polar surface area (TPSA) is 66.6 Å². The summed E-state index contributed by atoms with van der Waals surface area (Å²) in [4.78, 5) is 12.2. The van der Waals surface area contributed by atoms with Gasteiger partial charge in [0.25, 0.3) is 0 Å². The Kier molecular flexibility index (Phi) is 2.57. The number of hydrogen-bond donors (Lipinski definition) is 2. The first-order valence-electron chi connectivity index (χ1n) is 4.27. The monoisotopic (exact) mass is 172 g/mol. The zero-order valence-corrected chi connectivity index (χ0v) is 7.53. The van der Waals surface area contributed by atoms with Crippen molar-refractivity contribution >= 4 is 6.09 Å². The molecule has 0 unspecified atom stereocenters. The van der Waals surface area contributed by atoms with Gasteiger partial charge in [-0.25, -0.2) is 4.79 Å². The van der Waals surface area contributed by atoms with Crippen molar-refractivity contribution in [2.24, 2.45) is 11.7 Å². The molecule has 1 aliphatic heterocycles. The average molecular weight is 172 g/mol. The zero-order valence-electron chi connectivity index (χ0n) is 7.53. The minimum absolute atomic E-state index is 0.0218. The van der Waals surface area contributed by atoms with Gasteiger partial charge in [-0.3, -0.25) is 0 Å². The number of nitrogens with zero attached hydrogens (tertiary/aromatic N) is 1. The summed E-state index contributed by atoms with van der Waals surface area (Å²) >= 11 is 0. The highest BCUT2D eigenvalue weighted by molar-refractivity contribution is 5.66. The first-order valence-corrected chi connectivity index (χ1v) is 4.27. The van der Waals surface area contributed by atoms with Crippen LogP contribution in [0.4, 0.5) is 4.79 Å². The van der Waals surface area contributed by atoms with E-state index in [9.17, 15) is 4.79 Å². The number of rotatable bonds is 1. The Bertz CT molecular complexity index is 182. The zero-order chi connectivity index (χ0) is 9.30. The molecule has 2 atom stereocenters. The molecule has 1 heterocycles. The van der Waals surface area contributed by atoms with E-state index in [1.165, 1.54) is 4.90 Å². The lowest BCUT2D eigenvalue weighted by molar-refractivity contribution is 0.129. The van der Waals surface area contributed by atoms with Gasteiger partial charge < -0.3 is 15.7 Å². The molecule has 1 aliphatic rings. The van der Waals surface area contributed by atoms with E-state index < -0.39 is 6.09 Å². The molecule has 0 aliphatic carbocycles. The van der Waals surface area contributed by atoms with Crippen LogP contribution in [0, 0.1) is 5.92 Å². The Morgan fingerprint density at radius 2 is 2.25 bits per heavy atom. The third-order valence-corrected chi connectivity index (χ3v) is 2.39. The SMILES string of the molecule is CC(C)[C@H]1C[C@@H](N)CN1C(=O)O. The van der Waals surface area contributed by atoms with Crippen LogP contribution < -0.4 is 5.73 Å². The lowest BCUT2D eigenvalue weighted by atomic mass is 10.0. The molecule has 0 radical (unpaired) electrons. The van der Waals surface area contributed by atoms with Crippen LogP contribution in [0.1, 0.15) is 20.3 Å². The maximum Gasteiger partial charge on any atom is 0.407 e. The summed E-state index contributed by atoms with van der Waals surface area (Å²) in [5.74, 6) is 0.356. The third-order valence-electron chi connectivity index (χ3n) is 2.39. The van der Waals surface area contributed by atoms with Crippen molar-refractivity contribution in [2.75, 3.05) is 6.54 Å². The van der Waals surface area contributed by atoms with E-state index in [-0.39, 0.29) is 12.1 Å². The Morgan fingerprint density at radius 1 is 1.67 bits per heavy atom. The summed E-state index contributed by atoms with van der Waals surface area (Å²) in [6.45, 7) is 4.54. The largest absolute Gasteiger partial charge is 0.465 e. The van der Waals surface area contributed by atoms with Crippen molar-refractivity contribution in [3.63, 3.8) is 0 Å². The Labute approximate surface area is 72.3 Å². The van der Waals surface area contributed by atoms with Crippen LogP contribution in [0.5, 0.6) is 0 Å². The van der Waals surface area contributed by atoms with Gasteiger partial charge in [0.05, 0.1) is 0 Å². The molecule has 4 heteroatoms. The predicted octanol–water partition coefficient (Wildman–Crippen LogP) is 0.722. The lowest BCUT2D eigenvalue weighted by Crippen LogP contribution is -2.37. The van der Waals surface area contributed by atoms with Crippen molar-refractivity contribution in [1.29, 1.82) is 0 Å². The fourth-order valence-electron chi connectivity index (χ4n) is 1.75. The molecule has 0 saturated carbocycles. The minimum atomic E-state index is -0.846. The molecule has 0 aromatic carbocycles. The van der Waals surface area contributed by atoms with E-state index in [0.29, 0.717) is 12.5 Å². The van der Waals surface area contributed by atoms with Crippen molar-refractivity contribution in [2.45, 2.75) is 32.4 Å². The van der Waals surface area contributed by atoms with E-state index >= 15 is 0 Å². The van der Waals surface area contributed by atoms with Crippen molar-refractivity contribution in [3.05, 3.63) is 0 Å². The second-order valence-electron chi connectivity index (χ2n) is 3.74. The molecule has 1 fully saturated rings. The fraction of sp³-hybridized carbons (Fsp3) is 0.875. The molecule has 0 bridgehead atoms. The average Bonchev–Trinajstić information content (AvgIpc) is 2.31. The minimum Gasteiger partial charge on any atom is -0.465 e. The maximum absolute atomic E-state index is 10.7. The molecule has 12 heavy (non-hydrogen) atoms. The van der Waals surface area contributed by atoms with Crippen LogP contribution in [0.2, 0.25) is 0 Å². The van der Waals surface area contributed by atoms with Gasteiger partial charge in [0.1, 0.15) is 0 Å². The number of hydrogen-bond acceptors (Lipinski definition) is 2. The Morgan fingerprint density at radius 3 is 2.58 bits per heavy atom. The van der Waals surface area contributed by atoms with Gasteiger partial charge in [0, 0.05) is 18.6 Å². The van der Waals surface area contributed by atoms with Crippen LogP contribution in [0.25, 0.3) is 0 Å². The number of carboxylic acid groups (broad SMARTS) is 1. The molecule has 1 saturated heterocycles. The third kappa shape index (κ3) is 1.69. The normalized spacial score (nSPS) is 29.8. The highest BCUT2D eigenvalue weighted by atomic mass is 16.4. The van der Waals surface area contributed by atoms with Gasteiger partial charge >= 0.3 is 6.09 Å². The van der Waals surface area contributed by atoms with Crippen molar-refractivity contribution in [1.82, 2.24) is 4.90 Å². The van der Waals surface area contributed by atoms with Gasteiger partial charge in [-0.1, -0.05) is 13.8 Å². The summed E-state index contributed by atoms with van der Waals surface area (Å²) in [5.41, 5.74) is 5.69. The lowest BCUT2D eigenvalue weighted by Gasteiger charge is -2.24.